The summed E-state index contributed by atoms with van der Waals surface area (Å²) in [5.41, 5.74) is 0.408. The van der Waals surface area contributed by atoms with Crippen molar-refractivity contribution in [3.05, 3.63) is 41.2 Å². The molecular formula is C16H19F2N3O3. The molecule has 0 unspecified atom stereocenters. The lowest BCUT2D eigenvalue weighted by Crippen LogP contribution is -2.13. The van der Waals surface area contributed by atoms with Crippen molar-refractivity contribution in [3.63, 3.8) is 0 Å². The van der Waals surface area contributed by atoms with Gasteiger partial charge in [-0.25, -0.2) is 13.6 Å². The van der Waals surface area contributed by atoms with Crippen LogP contribution >= 0.6 is 0 Å². The van der Waals surface area contributed by atoms with E-state index in [1.165, 1.54) is 18.0 Å². The summed E-state index contributed by atoms with van der Waals surface area (Å²) in [6.45, 7) is 1.87. The number of rotatable bonds is 6. The van der Waals surface area contributed by atoms with Crippen LogP contribution in [0.1, 0.15) is 23.0 Å². The molecule has 0 amide bonds. The smallest absolute Gasteiger partial charge is 0.360 e. The summed E-state index contributed by atoms with van der Waals surface area (Å²) in [7, 11) is 4.70. The second-order valence-corrected chi connectivity index (χ2v) is 5.25. The van der Waals surface area contributed by atoms with Crippen LogP contribution in [-0.4, -0.2) is 43.6 Å². The van der Waals surface area contributed by atoms with E-state index < -0.39 is 17.6 Å². The lowest BCUT2D eigenvalue weighted by Gasteiger charge is -2.10. The standard InChI is InChI=1S/C16H19F2N3O3/c1-5-24-10-6-12(17)11(13(18)7-10)8-21-9-14(20(2)3)15(19-21)16(22)23-4/h6-7,9H,5,8H2,1-4H3. The summed E-state index contributed by atoms with van der Waals surface area (Å²) < 4.78 is 39.4. The molecule has 0 N–H and O–H groups in total. The van der Waals surface area contributed by atoms with Gasteiger partial charge in [0.25, 0.3) is 0 Å². The topological polar surface area (TPSA) is 56.6 Å². The number of ether oxygens (including phenoxy) is 2. The average Bonchev–Trinajstić information content (AvgIpc) is 2.95. The summed E-state index contributed by atoms with van der Waals surface area (Å²) in [6, 6.07) is 2.25. The number of carbonyl (C=O) groups is 1. The maximum atomic E-state index is 14.1. The van der Waals surface area contributed by atoms with E-state index in [0.29, 0.717) is 12.3 Å². The molecule has 2 aromatic rings. The minimum Gasteiger partial charge on any atom is -0.494 e. The normalized spacial score (nSPS) is 10.6. The average molecular weight is 339 g/mol. The number of anilines is 1. The Bertz CT molecular complexity index is 721. The Labute approximate surface area is 138 Å². The molecule has 1 heterocycles. The summed E-state index contributed by atoms with van der Waals surface area (Å²) in [5.74, 6) is -1.97. The Kier molecular flexibility index (Phi) is 5.38. The molecule has 8 heteroatoms. The maximum absolute atomic E-state index is 14.1. The van der Waals surface area contributed by atoms with Crippen molar-refractivity contribution in [1.82, 2.24) is 9.78 Å². The zero-order chi connectivity index (χ0) is 17.9. The molecule has 0 bridgehead atoms. The number of hydrogen-bond acceptors (Lipinski definition) is 5. The second kappa shape index (κ2) is 7.29. The van der Waals surface area contributed by atoms with E-state index in [0.717, 1.165) is 12.1 Å². The Morgan fingerprint density at radius 2 is 1.92 bits per heavy atom. The largest absolute Gasteiger partial charge is 0.494 e. The number of aromatic nitrogens is 2. The Balaban J connectivity index is 2.36. The zero-order valence-corrected chi connectivity index (χ0v) is 14.0. The number of methoxy groups -OCH3 is 1. The molecule has 0 atom stereocenters. The third-order valence-electron chi connectivity index (χ3n) is 3.35. The van der Waals surface area contributed by atoms with Crippen molar-refractivity contribution >= 4 is 11.7 Å². The van der Waals surface area contributed by atoms with Gasteiger partial charge in [-0.15, -0.1) is 0 Å². The lowest BCUT2D eigenvalue weighted by atomic mass is 10.2. The van der Waals surface area contributed by atoms with E-state index >= 15 is 0 Å². The molecule has 0 aliphatic carbocycles. The quantitative estimate of drug-likeness (QED) is 0.757. The van der Waals surface area contributed by atoms with E-state index in [1.54, 1.807) is 25.9 Å². The van der Waals surface area contributed by atoms with Crippen molar-refractivity contribution in [2.45, 2.75) is 13.5 Å². The predicted molar refractivity (Wildman–Crippen MR) is 84.5 cm³/mol. The van der Waals surface area contributed by atoms with Crippen LogP contribution in [-0.2, 0) is 11.3 Å². The van der Waals surface area contributed by atoms with Crippen LogP contribution < -0.4 is 9.64 Å². The lowest BCUT2D eigenvalue weighted by molar-refractivity contribution is 0.0594. The maximum Gasteiger partial charge on any atom is 0.360 e. The van der Waals surface area contributed by atoms with Crippen molar-refractivity contribution in [3.8, 4) is 5.75 Å². The van der Waals surface area contributed by atoms with E-state index in [-0.39, 0.29) is 23.6 Å². The van der Waals surface area contributed by atoms with Gasteiger partial charge in [0, 0.05) is 38.0 Å². The first-order valence-corrected chi connectivity index (χ1v) is 7.31. The number of benzene rings is 1. The molecular weight excluding hydrogens is 320 g/mol. The molecule has 0 aliphatic heterocycles. The molecule has 1 aromatic heterocycles. The van der Waals surface area contributed by atoms with E-state index in [2.05, 4.69) is 9.84 Å². The van der Waals surface area contributed by atoms with Gasteiger partial charge in [0.1, 0.15) is 17.4 Å². The van der Waals surface area contributed by atoms with Crippen LogP contribution in [0.25, 0.3) is 0 Å². The minimum absolute atomic E-state index is 0.0780. The van der Waals surface area contributed by atoms with Crippen LogP contribution in [0, 0.1) is 11.6 Å². The molecule has 0 saturated heterocycles. The summed E-state index contributed by atoms with van der Waals surface area (Å²) in [4.78, 5) is 13.4. The molecule has 6 nitrogen and oxygen atoms in total. The summed E-state index contributed by atoms with van der Waals surface area (Å²) >= 11 is 0. The molecule has 0 aliphatic rings. The highest BCUT2D eigenvalue weighted by molar-refractivity contribution is 5.93. The molecule has 0 saturated carbocycles. The number of esters is 1. The fraction of sp³-hybridized carbons (Fsp3) is 0.375. The highest BCUT2D eigenvalue weighted by atomic mass is 19.1. The van der Waals surface area contributed by atoms with Crippen LogP contribution in [0.4, 0.5) is 14.5 Å². The Hall–Kier alpha value is -2.64. The van der Waals surface area contributed by atoms with Crippen LogP contribution in [0.5, 0.6) is 5.75 Å². The predicted octanol–water partition coefficient (Wildman–Crippen LogP) is 2.46. The van der Waals surface area contributed by atoms with Crippen molar-refractivity contribution in [2.75, 3.05) is 32.7 Å². The van der Waals surface area contributed by atoms with Crippen LogP contribution in [0.15, 0.2) is 18.3 Å². The first kappa shape index (κ1) is 17.7. The van der Waals surface area contributed by atoms with Gasteiger partial charge in [-0.1, -0.05) is 0 Å². The minimum atomic E-state index is -0.736. The second-order valence-electron chi connectivity index (χ2n) is 5.25. The Morgan fingerprint density at radius 3 is 2.42 bits per heavy atom. The van der Waals surface area contributed by atoms with Crippen LogP contribution in [0.2, 0.25) is 0 Å². The van der Waals surface area contributed by atoms with E-state index in [9.17, 15) is 13.6 Å². The summed E-state index contributed by atoms with van der Waals surface area (Å²) in [5, 5.41) is 4.07. The highest BCUT2D eigenvalue weighted by Gasteiger charge is 2.20. The third-order valence-corrected chi connectivity index (χ3v) is 3.35. The van der Waals surface area contributed by atoms with Gasteiger partial charge in [0.15, 0.2) is 5.69 Å². The zero-order valence-electron chi connectivity index (χ0n) is 14.0. The first-order chi connectivity index (χ1) is 11.4. The molecule has 0 radical (unpaired) electrons. The van der Waals surface area contributed by atoms with E-state index in [4.69, 9.17) is 4.74 Å². The van der Waals surface area contributed by atoms with Crippen molar-refractivity contribution in [2.24, 2.45) is 0 Å². The van der Waals surface area contributed by atoms with Gasteiger partial charge in [0.05, 0.1) is 25.9 Å². The first-order valence-electron chi connectivity index (χ1n) is 7.31. The highest BCUT2D eigenvalue weighted by Crippen LogP contribution is 2.23. The van der Waals surface area contributed by atoms with Crippen LogP contribution in [0.3, 0.4) is 0 Å². The van der Waals surface area contributed by atoms with Gasteiger partial charge in [-0.3, -0.25) is 4.68 Å². The fourth-order valence-corrected chi connectivity index (χ4v) is 2.20. The molecule has 0 spiro atoms. The van der Waals surface area contributed by atoms with Crippen molar-refractivity contribution < 1.29 is 23.0 Å². The third kappa shape index (κ3) is 3.64. The van der Waals surface area contributed by atoms with E-state index in [1.807, 2.05) is 0 Å². The molecule has 0 fully saturated rings. The number of nitrogens with zero attached hydrogens (tertiary/aromatic N) is 3. The van der Waals surface area contributed by atoms with Gasteiger partial charge < -0.3 is 14.4 Å². The SMILES string of the molecule is CCOc1cc(F)c(Cn2cc(N(C)C)c(C(=O)OC)n2)c(F)c1. The van der Waals surface area contributed by atoms with Gasteiger partial charge >= 0.3 is 5.97 Å². The number of halogens is 2. The monoisotopic (exact) mass is 339 g/mol. The molecule has 1 aromatic carbocycles. The van der Waals surface area contributed by atoms with Gasteiger partial charge in [0.2, 0.25) is 0 Å². The summed E-state index contributed by atoms with van der Waals surface area (Å²) in [6.07, 6.45) is 1.53. The number of hydrogen-bond donors (Lipinski definition) is 0. The van der Waals surface area contributed by atoms with Gasteiger partial charge in [-0.05, 0) is 6.92 Å². The molecule has 2 rings (SSSR count). The Morgan fingerprint density at radius 1 is 1.29 bits per heavy atom. The fourth-order valence-electron chi connectivity index (χ4n) is 2.20. The molecule has 24 heavy (non-hydrogen) atoms. The number of carbonyl (C=O) groups excluding carboxylic acids is 1. The van der Waals surface area contributed by atoms with Gasteiger partial charge in [-0.2, -0.15) is 5.10 Å². The van der Waals surface area contributed by atoms with Crippen molar-refractivity contribution in [1.29, 1.82) is 0 Å². The molecule has 130 valence electrons.